The van der Waals surface area contributed by atoms with Crippen LogP contribution in [0.25, 0.3) is 0 Å². The van der Waals surface area contributed by atoms with Crippen LogP contribution in [0.5, 0.6) is 0 Å². The lowest BCUT2D eigenvalue weighted by Gasteiger charge is -2.22. The van der Waals surface area contributed by atoms with Crippen LogP contribution in [0.3, 0.4) is 0 Å². The third-order valence-corrected chi connectivity index (χ3v) is 2.24. The third-order valence-electron chi connectivity index (χ3n) is 1.61. The third kappa shape index (κ3) is 5.45. The number of methoxy groups -OCH3 is 1. The molecule has 0 aromatic rings. The molecule has 0 atom stereocenters. The highest BCUT2D eigenvalue weighted by Gasteiger charge is 2.42. The lowest BCUT2D eigenvalue weighted by Crippen LogP contribution is -2.45. The zero-order chi connectivity index (χ0) is 12.8. The summed E-state index contributed by atoms with van der Waals surface area (Å²) in [6, 6.07) is 0. The van der Waals surface area contributed by atoms with Gasteiger partial charge in [-0.25, -0.2) is 0 Å². The minimum atomic E-state index is -4.97. The van der Waals surface area contributed by atoms with E-state index in [-0.39, 0.29) is 18.5 Å². The van der Waals surface area contributed by atoms with Gasteiger partial charge in [-0.05, 0) is 0 Å². The van der Waals surface area contributed by atoms with Gasteiger partial charge in [0.2, 0.25) is 0 Å². The first-order valence-electron chi connectivity index (χ1n) is 4.25. The van der Waals surface area contributed by atoms with Gasteiger partial charge in [0.15, 0.2) is 5.78 Å². The molecular weight excluding hydrogens is 295 g/mol. The van der Waals surface area contributed by atoms with Gasteiger partial charge in [-0.3, -0.25) is 9.59 Å². The summed E-state index contributed by atoms with van der Waals surface area (Å²) in [6.07, 6.45) is -4.97. The molecule has 0 aliphatic carbocycles. The summed E-state index contributed by atoms with van der Waals surface area (Å²) in [5.41, 5.74) is 0. The molecule has 0 aliphatic rings. The van der Waals surface area contributed by atoms with E-state index in [1.807, 2.05) is 0 Å². The largest absolute Gasteiger partial charge is 0.471 e. The van der Waals surface area contributed by atoms with Crippen LogP contribution in [0.2, 0.25) is 0 Å². The predicted octanol–water partition coefficient (Wildman–Crippen LogP) is 0.988. The van der Waals surface area contributed by atoms with Crippen LogP contribution >= 0.6 is 15.9 Å². The summed E-state index contributed by atoms with van der Waals surface area (Å²) in [5.74, 6) is -2.53. The highest BCUT2D eigenvalue weighted by Crippen LogP contribution is 2.18. The normalized spacial score (nSPS) is 11.3. The van der Waals surface area contributed by atoms with Crippen LogP contribution in [0.4, 0.5) is 13.2 Å². The monoisotopic (exact) mass is 305 g/mol. The van der Waals surface area contributed by atoms with Crippen molar-refractivity contribution in [2.24, 2.45) is 0 Å². The maximum atomic E-state index is 12.1. The number of carbonyl (C=O) groups is 2. The number of nitrogens with zero attached hydrogens (tertiary/aromatic N) is 1. The first kappa shape index (κ1) is 15.4. The molecular formula is C8H11BrF3NO3. The van der Waals surface area contributed by atoms with Gasteiger partial charge in [0.1, 0.15) is 0 Å². The number of ether oxygens (including phenoxy) is 1. The Morgan fingerprint density at radius 1 is 1.38 bits per heavy atom. The van der Waals surface area contributed by atoms with Crippen molar-refractivity contribution in [1.82, 2.24) is 4.90 Å². The van der Waals surface area contributed by atoms with Crippen LogP contribution < -0.4 is 0 Å². The van der Waals surface area contributed by atoms with Crippen molar-refractivity contribution in [1.29, 1.82) is 0 Å². The standard InChI is InChI=1S/C8H11BrF3NO3/c1-16-3-2-13(5-6(14)4-9)7(15)8(10,11)12/h2-5H2,1H3. The second-order valence-corrected chi connectivity index (χ2v) is 3.45. The van der Waals surface area contributed by atoms with E-state index < -0.39 is 24.4 Å². The second kappa shape index (κ2) is 6.85. The van der Waals surface area contributed by atoms with Crippen LogP contribution in [-0.4, -0.2) is 54.9 Å². The first-order valence-corrected chi connectivity index (χ1v) is 5.37. The van der Waals surface area contributed by atoms with Crippen molar-refractivity contribution < 1.29 is 27.5 Å². The summed E-state index contributed by atoms with van der Waals surface area (Å²) >= 11 is 2.81. The summed E-state index contributed by atoms with van der Waals surface area (Å²) in [5, 5.41) is -0.0956. The summed E-state index contributed by atoms with van der Waals surface area (Å²) in [6.45, 7) is -0.905. The fraction of sp³-hybridized carbons (Fsp3) is 0.750. The van der Waals surface area contributed by atoms with Crippen LogP contribution in [-0.2, 0) is 14.3 Å². The molecule has 8 heteroatoms. The molecule has 94 valence electrons. The lowest BCUT2D eigenvalue weighted by molar-refractivity contribution is -0.186. The molecule has 0 aromatic heterocycles. The smallest absolute Gasteiger partial charge is 0.383 e. The second-order valence-electron chi connectivity index (χ2n) is 2.89. The van der Waals surface area contributed by atoms with Crippen LogP contribution in [0.1, 0.15) is 0 Å². The summed E-state index contributed by atoms with van der Waals surface area (Å²) < 4.78 is 40.9. The van der Waals surface area contributed by atoms with Gasteiger partial charge >= 0.3 is 12.1 Å². The number of rotatable bonds is 6. The van der Waals surface area contributed by atoms with Crippen molar-refractivity contribution in [2.75, 3.05) is 32.1 Å². The van der Waals surface area contributed by atoms with E-state index in [0.29, 0.717) is 4.90 Å². The number of Topliss-reactive ketones (excluding diaryl/α,β-unsaturated/α-hetero) is 1. The van der Waals surface area contributed by atoms with Crippen molar-refractivity contribution in [3.05, 3.63) is 0 Å². The molecule has 0 aliphatic heterocycles. The number of carbonyl (C=O) groups excluding carboxylic acids is 2. The van der Waals surface area contributed by atoms with Crippen LogP contribution in [0, 0.1) is 0 Å². The van der Waals surface area contributed by atoms with Gasteiger partial charge in [0.25, 0.3) is 0 Å². The lowest BCUT2D eigenvalue weighted by atomic mass is 10.3. The van der Waals surface area contributed by atoms with E-state index in [2.05, 4.69) is 20.7 Å². The minimum absolute atomic E-state index is 0.0581. The van der Waals surface area contributed by atoms with E-state index in [0.717, 1.165) is 0 Å². The average molecular weight is 306 g/mol. The molecule has 0 spiro atoms. The molecule has 0 rings (SSSR count). The highest BCUT2D eigenvalue weighted by molar-refractivity contribution is 9.09. The minimum Gasteiger partial charge on any atom is -0.383 e. The Morgan fingerprint density at radius 2 is 1.94 bits per heavy atom. The predicted molar refractivity (Wildman–Crippen MR) is 53.3 cm³/mol. The Labute approximate surface area is 98.9 Å². The van der Waals surface area contributed by atoms with Crippen molar-refractivity contribution in [3.63, 3.8) is 0 Å². The molecule has 0 radical (unpaired) electrons. The number of hydrogen-bond acceptors (Lipinski definition) is 3. The van der Waals surface area contributed by atoms with E-state index in [1.165, 1.54) is 7.11 Å². The zero-order valence-electron chi connectivity index (χ0n) is 8.51. The van der Waals surface area contributed by atoms with Gasteiger partial charge in [0.05, 0.1) is 18.5 Å². The van der Waals surface area contributed by atoms with E-state index in [9.17, 15) is 22.8 Å². The number of hydrogen-bond donors (Lipinski definition) is 0. The molecule has 1 amide bonds. The number of halogens is 4. The number of amides is 1. The fourth-order valence-corrected chi connectivity index (χ4v) is 1.07. The molecule has 0 fully saturated rings. The molecule has 0 N–H and O–H groups in total. The van der Waals surface area contributed by atoms with Crippen LogP contribution in [0.15, 0.2) is 0 Å². The fourth-order valence-electron chi connectivity index (χ4n) is 0.888. The van der Waals surface area contributed by atoms with Crippen molar-refractivity contribution >= 4 is 27.6 Å². The Balaban J connectivity index is 4.53. The van der Waals surface area contributed by atoms with Gasteiger partial charge < -0.3 is 9.64 Å². The number of ketones is 1. The van der Waals surface area contributed by atoms with Crippen molar-refractivity contribution in [3.8, 4) is 0 Å². The zero-order valence-corrected chi connectivity index (χ0v) is 10.1. The summed E-state index contributed by atoms with van der Waals surface area (Å²) in [4.78, 5) is 22.3. The van der Waals surface area contributed by atoms with Gasteiger partial charge in [-0.2, -0.15) is 13.2 Å². The SMILES string of the molecule is COCCN(CC(=O)CBr)C(=O)C(F)(F)F. The van der Waals surface area contributed by atoms with Gasteiger partial charge in [0, 0.05) is 13.7 Å². The molecule has 0 unspecified atom stereocenters. The maximum Gasteiger partial charge on any atom is 0.471 e. The highest BCUT2D eigenvalue weighted by atomic mass is 79.9. The molecule has 0 bridgehead atoms. The van der Waals surface area contributed by atoms with Gasteiger partial charge in [-0.15, -0.1) is 0 Å². The Kier molecular flexibility index (Phi) is 6.58. The number of alkyl halides is 4. The van der Waals surface area contributed by atoms with E-state index in [4.69, 9.17) is 0 Å². The Hall–Kier alpha value is -0.630. The summed E-state index contributed by atoms with van der Waals surface area (Å²) in [7, 11) is 1.29. The molecule has 0 heterocycles. The van der Waals surface area contributed by atoms with E-state index in [1.54, 1.807) is 0 Å². The quantitative estimate of drug-likeness (QED) is 0.688. The molecule has 0 saturated carbocycles. The Morgan fingerprint density at radius 3 is 2.31 bits per heavy atom. The first-order chi connectivity index (χ1) is 7.32. The Bertz CT molecular complexity index is 257. The molecule has 0 aromatic carbocycles. The van der Waals surface area contributed by atoms with Gasteiger partial charge in [-0.1, -0.05) is 15.9 Å². The molecule has 0 saturated heterocycles. The molecule has 16 heavy (non-hydrogen) atoms. The van der Waals surface area contributed by atoms with E-state index >= 15 is 0 Å². The average Bonchev–Trinajstić information content (AvgIpc) is 2.21. The topological polar surface area (TPSA) is 46.6 Å². The van der Waals surface area contributed by atoms with Crippen molar-refractivity contribution in [2.45, 2.75) is 6.18 Å². The maximum absolute atomic E-state index is 12.1. The molecule has 4 nitrogen and oxygen atoms in total.